The van der Waals surface area contributed by atoms with E-state index in [0.717, 1.165) is 0 Å². The van der Waals surface area contributed by atoms with Crippen molar-refractivity contribution in [2.24, 2.45) is 0 Å². The fourth-order valence-corrected chi connectivity index (χ4v) is 1.41. The molecule has 1 aromatic rings. The average Bonchev–Trinajstić information content (AvgIpc) is 2.21. The Balaban J connectivity index is 2.58. The summed E-state index contributed by atoms with van der Waals surface area (Å²) >= 11 is 5.60. The van der Waals surface area contributed by atoms with Crippen LogP contribution in [-0.2, 0) is 16.0 Å². The second kappa shape index (κ2) is 5.71. The number of hydrogen-bond donors (Lipinski definition) is 0. The van der Waals surface area contributed by atoms with Gasteiger partial charge < -0.3 is 4.74 Å². The molecule has 0 fully saturated rings. The minimum absolute atomic E-state index is 0.0800. The van der Waals surface area contributed by atoms with E-state index in [2.05, 4.69) is 0 Å². The van der Waals surface area contributed by atoms with Gasteiger partial charge in [0.05, 0.1) is 11.6 Å². The summed E-state index contributed by atoms with van der Waals surface area (Å²) in [6, 6.07) is 4.75. The normalized spacial score (nSPS) is 10.1. The van der Waals surface area contributed by atoms with Crippen LogP contribution in [0.4, 0.5) is 4.39 Å². The molecule has 0 saturated carbocycles. The average molecular weight is 231 g/mol. The van der Waals surface area contributed by atoms with Gasteiger partial charge in [-0.15, -0.1) is 0 Å². The molecular formula is C11H12ClFO2. The smallest absolute Gasteiger partial charge is 0.306 e. The number of esters is 1. The number of carbonyl (C=O) groups is 1. The molecule has 0 bridgehead atoms. The quantitative estimate of drug-likeness (QED) is 0.744. The Kier molecular flexibility index (Phi) is 4.56. The summed E-state index contributed by atoms with van der Waals surface area (Å²) in [5, 5.41) is 0.0800. The van der Waals surface area contributed by atoms with Crippen molar-refractivity contribution in [3.8, 4) is 0 Å². The Hall–Kier alpha value is -1.09. The van der Waals surface area contributed by atoms with Gasteiger partial charge in [-0.2, -0.15) is 0 Å². The number of halogens is 2. The van der Waals surface area contributed by atoms with Gasteiger partial charge in [-0.05, 0) is 25.0 Å². The molecule has 0 atom stereocenters. The monoisotopic (exact) mass is 230 g/mol. The maximum absolute atomic E-state index is 13.4. The molecule has 0 aromatic heterocycles. The van der Waals surface area contributed by atoms with Crippen molar-refractivity contribution in [1.82, 2.24) is 0 Å². The summed E-state index contributed by atoms with van der Waals surface area (Å²) in [4.78, 5) is 11.0. The van der Waals surface area contributed by atoms with Crippen molar-refractivity contribution in [3.05, 3.63) is 34.6 Å². The highest BCUT2D eigenvalue weighted by Crippen LogP contribution is 2.18. The Morgan fingerprint density at radius 2 is 2.27 bits per heavy atom. The van der Waals surface area contributed by atoms with Crippen LogP contribution in [0.1, 0.15) is 18.9 Å². The van der Waals surface area contributed by atoms with Gasteiger partial charge in [-0.1, -0.05) is 23.7 Å². The van der Waals surface area contributed by atoms with Crippen LogP contribution in [0, 0.1) is 5.82 Å². The fraction of sp³-hybridized carbons (Fsp3) is 0.364. The molecule has 0 aliphatic carbocycles. The van der Waals surface area contributed by atoms with Crippen molar-refractivity contribution < 1.29 is 13.9 Å². The Morgan fingerprint density at radius 1 is 1.53 bits per heavy atom. The van der Waals surface area contributed by atoms with E-state index in [0.29, 0.717) is 18.6 Å². The minimum atomic E-state index is -0.455. The minimum Gasteiger partial charge on any atom is -0.466 e. The zero-order chi connectivity index (χ0) is 11.3. The number of ether oxygens (including phenoxy) is 1. The Labute approximate surface area is 93.0 Å². The topological polar surface area (TPSA) is 26.3 Å². The van der Waals surface area contributed by atoms with E-state index in [-0.39, 0.29) is 17.4 Å². The number of benzene rings is 1. The van der Waals surface area contributed by atoms with Gasteiger partial charge in [-0.25, -0.2) is 4.39 Å². The van der Waals surface area contributed by atoms with E-state index in [9.17, 15) is 9.18 Å². The molecule has 0 aliphatic rings. The summed E-state index contributed by atoms with van der Waals surface area (Å²) in [6.07, 6.45) is 0.482. The zero-order valence-corrected chi connectivity index (χ0v) is 9.18. The molecule has 0 unspecified atom stereocenters. The molecule has 15 heavy (non-hydrogen) atoms. The first-order chi connectivity index (χ1) is 7.15. The van der Waals surface area contributed by atoms with Gasteiger partial charge >= 0.3 is 5.97 Å². The predicted molar refractivity (Wildman–Crippen MR) is 56.4 cm³/mol. The molecule has 4 heteroatoms. The third kappa shape index (κ3) is 3.51. The molecule has 0 spiro atoms. The van der Waals surface area contributed by atoms with Crippen molar-refractivity contribution in [2.45, 2.75) is 19.8 Å². The lowest BCUT2D eigenvalue weighted by Gasteiger charge is -2.04. The van der Waals surface area contributed by atoms with Crippen LogP contribution in [0.2, 0.25) is 5.02 Å². The van der Waals surface area contributed by atoms with E-state index < -0.39 is 5.82 Å². The molecule has 1 rings (SSSR count). The molecule has 0 N–H and O–H groups in total. The number of rotatable bonds is 4. The molecule has 2 nitrogen and oxygen atoms in total. The number of hydrogen-bond acceptors (Lipinski definition) is 2. The molecule has 0 radical (unpaired) electrons. The third-order valence-electron chi connectivity index (χ3n) is 1.94. The van der Waals surface area contributed by atoms with Crippen LogP contribution in [-0.4, -0.2) is 12.6 Å². The molecule has 0 amide bonds. The largest absolute Gasteiger partial charge is 0.466 e. The van der Waals surface area contributed by atoms with Gasteiger partial charge in [0, 0.05) is 6.42 Å². The lowest BCUT2D eigenvalue weighted by Crippen LogP contribution is -2.06. The van der Waals surface area contributed by atoms with Crippen LogP contribution in [0.5, 0.6) is 0 Å². The van der Waals surface area contributed by atoms with Gasteiger partial charge in [0.25, 0.3) is 0 Å². The lowest BCUT2D eigenvalue weighted by atomic mass is 10.1. The molecule has 82 valence electrons. The highest BCUT2D eigenvalue weighted by atomic mass is 35.5. The van der Waals surface area contributed by atoms with Crippen LogP contribution in [0.3, 0.4) is 0 Å². The van der Waals surface area contributed by atoms with E-state index in [1.54, 1.807) is 19.1 Å². The van der Waals surface area contributed by atoms with Gasteiger partial charge in [-0.3, -0.25) is 4.79 Å². The molecule has 0 heterocycles. The Bertz CT molecular complexity index is 352. The van der Waals surface area contributed by atoms with Gasteiger partial charge in [0.15, 0.2) is 0 Å². The van der Waals surface area contributed by atoms with Crippen LogP contribution < -0.4 is 0 Å². The fourth-order valence-electron chi connectivity index (χ4n) is 1.21. The summed E-state index contributed by atoms with van der Waals surface area (Å²) in [7, 11) is 0. The maximum Gasteiger partial charge on any atom is 0.306 e. The highest BCUT2D eigenvalue weighted by Gasteiger charge is 2.08. The standard InChI is InChI=1S/C11H12ClFO2/c1-2-15-10(14)7-6-8-4-3-5-9(12)11(8)13/h3-5H,2,6-7H2,1H3. The van der Waals surface area contributed by atoms with Crippen molar-refractivity contribution in [3.63, 3.8) is 0 Å². The van der Waals surface area contributed by atoms with Crippen LogP contribution in [0.25, 0.3) is 0 Å². The second-order valence-corrected chi connectivity index (χ2v) is 3.43. The van der Waals surface area contributed by atoms with E-state index >= 15 is 0 Å². The van der Waals surface area contributed by atoms with Crippen LogP contribution >= 0.6 is 11.6 Å². The molecule has 0 aliphatic heterocycles. The molecular weight excluding hydrogens is 219 g/mol. The van der Waals surface area contributed by atoms with Gasteiger partial charge in [0.1, 0.15) is 5.82 Å². The maximum atomic E-state index is 13.4. The SMILES string of the molecule is CCOC(=O)CCc1cccc(Cl)c1F. The van der Waals surface area contributed by atoms with Crippen LogP contribution in [0.15, 0.2) is 18.2 Å². The summed E-state index contributed by atoms with van der Waals surface area (Å²) < 4.78 is 18.1. The second-order valence-electron chi connectivity index (χ2n) is 3.02. The first kappa shape index (κ1) is 12.0. The Morgan fingerprint density at radius 3 is 2.93 bits per heavy atom. The summed E-state index contributed by atoms with van der Waals surface area (Å²) in [6.45, 7) is 2.08. The lowest BCUT2D eigenvalue weighted by molar-refractivity contribution is -0.143. The summed E-state index contributed by atoms with van der Waals surface area (Å²) in [5.74, 6) is -0.777. The van der Waals surface area contributed by atoms with E-state index in [1.165, 1.54) is 6.07 Å². The van der Waals surface area contributed by atoms with E-state index in [4.69, 9.17) is 16.3 Å². The number of carbonyl (C=O) groups excluding carboxylic acids is 1. The van der Waals surface area contributed by atoms with Gasteiger partial charge in [0.2, 0.25) is 0 Å². The molecule has 0 saturated heterocycles. The zero-order valence-electron chi connectivity index (χ0n) is 8.43. The first-order valence-corrected chi connectivity index (χ1v) is 5.11. The first-order valence-electron chi connectivity index (χ1n) is 4.73. The highest BCUT2D eigenvalue weighted by molar-refractivity contribution is 6.30. The predicted octanol–water partition coefficient (Wildman–Crippen LogP) is 2.97. The van der Waals surface area contributed by atoms with Crippen molar-refractivity contribution >= 4 is 17.6 Å². The van der Waals surface area contributed by atoms with Crippen molar-refractivity contribution in [1.29, 1.82) is 0 Å². The third-order valence-corrected chi connectivity index (χ3v) is 2.23. The summed E-state index contributed by atoms with van der Waals surface area (Å²) in [5.41, 5.74) is 0.440. The van der Waals surface area contributed by atoms with E-state index in [1.807, 2.05) is 0 Å². The molecule has 1 aromatic carbocycles. The number of aryl methyl sites for hydroxylation is 1. The van der Waals surface area contributed by atoms with Crippen molar-refractivity contribution in [2.75, 3.05) is 6.61 Å².